The monoisotopic (exact) mass is 327 g/mol. The first kappa shape index (κ1) is 15.4. The summed E-state index contributed by atoms with van der Waals surface area (Å²) >= 11 is 1.77. The molecule has 0 saturated heterocycles. The molecule has 0 saturated carbocycles. The van der Waals surface area contributed by atoms with Gasteiger partial charge in [0.05, 0.1) is 5.69 Å². The summed E-state index contributed by atoms with van der Waals surface area (Å²) < 4.78 is 37.9. The van der Waals surface area contributed by atoms with Crippen LogP contribution >= 0.6 is 11.3 Å². The molecule has 0 radical (unpaired) electrons. The molecule has 0 N–H and O–H groups in total. The third-order valence-corrected chi connectivity index (χ3v) is 5.00. The van der Waals surface area contributed by atoms with Crippen molar-refractivity contribution < 1.29 is 13.2 Å². The van der Waals surface area contributed by atoms with Gasteiger partial charge in [-0.2, -0.15) is 13.2 Å². The topological polar surface area (TPSA) is 29.0 Å². The fourth-order valence-corrected chi connectivity index (χ4v) is 3.69. The highest BCUT2D eigenvalue weighted by Gasteiger charge is 2.35. The van der Waals surface area contributed by atoms with E-state index in [1.54, 1.807) is 11.3 Å². The normalized spacial score (nSPS) is 15.9. The number of hydrogen-bond acceptors (Lipinski definition) is 4. The van der Waals surface area contributed by atoms with Gasteiger partial charge >= 0.3 is 6.18 Å². The van der Waals surface area contributed by atoms with Crippen molar-refractivity contribution >= 4 is 11.3 Å². The lowest BCUT2D eigenvalue weighted by Crippen LogP contribution is -2.31. The molecule has 3 rings (SSSR count). The standard InChI is InChI=1S/C15H16F3N3S/c1-9-5-12(22-10(9)2)8-21-4-3-13-11(7-21)6-19-14(20-13)15(16,17)18/h5-6H,3-4,7-8H2,1-2H3. The summed E-state index contributed by atoms with van der Waals surface area (Å²) in [6.07, 6.45) is -2.62. The molecule has 1 aliphatic rings. The third-order valence-electron chi connectivity index (χ3n) is 3.86. The second-order valence-corrected chi connectivity index (χ2v) is 6.92. The van der Waals surface area contributed by atoms with Gasteiger partial charge in [0.25, 0.3) is 0 Å². The minimum absolute atomic E-state index is 0.525. The minimum Gasteiger partial charge on any atom is -0.293 e. The van der Waals surface area contributed by atoms with Crippen LogP contribution in [0.5, 0.6) is 0 Å². The lowest BCUT2D eigenvalue weighted by atomic mass is 10.1. The number of alkyl halides is 3. The molecule has 7 heteroatoms. The van der Waals surface area contributed by atoms with Crippen LogP contribution in [0.2, 0.25) is 0 Å². The van der Waals surface area contributed by atoms with Crippen LogP contribution in [0.25, 0.3) is 0 Å². The van der Waals surface area contributed by atoms with Crippen molar-refractivity contribution in [1.82, 2.24) is 14.9 Å². The number of fused-ring (bicyclic) bond motifs is 1. The molecule has 2 aromatic rings. The second kappa shape index (κ2) is 5.62. The second-order valence-electron chi connectivity index (χ2n) is 5.58. The van der Waals surface area contributed by atoms with E-state index in [1.165, 1.54) is 21.5 Å². The van der Waals surface area contributed by atoms with E-state index in [1.807, 2.05) is 0 Å². The predicted octanol–water partition coefficient (Wildman–Crippen LogP) is 3.73. The van der Waals surface area contributed by atoms with Gasteiger partial charge in [0.1, 0.15) is 0 Å². The highest BCUT2D eigenvalue weighted by atomic mass is 32.1. The molecule has 0 aliphatic carbocycles. The molecule has 118 valence electrons. The summed E-state index contributed by atoms with van der Waals surface area (Å²) in [7, 11) is 0. The molecule has 3 heterocycles. The lowest BCUT2D eigenvalue weighted by Gasteiger charge is -2.27. The Bertz CT molecular complexity index is 674. The van der Waals surface area contributed by atoms with Crippen LogP contribution in [0, 0.1) is 13.8 Å². The van der Waals surface area contributed by atoms with Gasteiger partial charge < -0.3 is 0 Å². The Hall–Kier alpha value is -1.47. The number of thiophene rings is 1. The van der Waals surface area contributed by atoms with Gasteiger partial charge in [0.15, 0.2) is 0 Å². The zero-order valence-corrected chi connectivity index (χ0v) is 13.2. The van der Waals surface area contributed by atoms with Gasteiger partial charge in [0, 0.05) is 47.6 Å². The third kappa shape index (κ3) is 3.15. The number of halogens is 3. The Morgan fingerprint density at radius 1 is 1.32 bits per heavy atom. The number of nitrogens with zero attached hydrogens (tertiary/aromatic N) is 3. The van der Waals surface area contributed by atoms with Crippen molar-refractivity contribution in [3.8, 4) is 0 Å². The Balaban J connectivity index is 1.74. The fraction of sp³-hybridized carbons (Fsp3) is 0.467. The van der Waals surface area contributed by atoms with Crippen molar-refractivity contribution in [1.29, 1.82) is 0 Å². The summed E-state index contributed by atoms with van der Waals surface area (Å²) in [5.74, 6) is -1.04. The Morgan fingerprint density at radius 3 is 2.73 bits per heavy atom. The van der Waals surface area contributed by atoms with Gasteiger partial charge in [0.2, 0.25) is 5.82 Å². The van der Waals surface area contributed by atoms with E-state index in [0.29, 0.717) is 18.7 Å². The largest absolute Gasteiger partial charge is 0.451 e. The molecule has 0 amide bonds. The maximum Gasteiger partial charge on any atom is 0.451 e. The molecule has 2 aromatic heterocycles. The SMILES string of the molecule is Cc1cc(CN2CCc3nc(C(F)(F)F)ncc3C2)sc1C. The number of aryl methyl sites for hydroxylation is 2. The molecular weight excluding hydrogens is 311 g/mol. The zero-order valence-electron chi connectivity index (χ0n) is 12.4. The Kier molecular flexibility index (Phi) is 3.94. The van der Waals surface area contributed by atoms with Crippen LogP contribution in [-0.4, -0.2) is 21.4 Å². The van der Waals surface area contributed by atoms with Crippen LogP contribution in [0.3, 0.4) is 0 Å². The van der Waals surface area contributed by atoms with Gasteiger partial charge in [-0.05, 0) is 25.5 Å². The van der Waals surface area contributed by atoms with E-state index in [4.69, 9.17) is 0 Å². The first-order chi connectivity index (χ1) is 10.3. The van der Waals surface area contributed by atoms with Crippen LogP contribution in [0.15, 0.2) is 12.3 Å². The van der Waals surface area contributed by atoms with E-state index in [-0.39, 0.29) is 0 Å². The van der Waals surface area contributed by atoms with E-state index in [0.717, 1.165) is 18.7 Å². The van der Waals surface area contributed by atoms with Gasteiger partial charge in [-0.25, -0.2) is 9.97 Å². The van der Waals surface area contributed by atoms with Crippen LogP contribution in [0.4, 0.5) is 13.2 Å². The average Bonchev–Trinajstić information content (AvgIpc) is 2.75. The zero-order chi connectivity index (χ0) is 15.9. The predicted molar refractivity (Wildman–Crippen MR) is 78.6 cm³/mol. The van der Waals surface area contributed by atoms with Crippen molar-refractivity contribution in [2.24, 2.45) is 0 Å². The first-order valence-electron chi connectivity index (χ1n) is 7.03. The summed E-state index contributed by atoms with van der Waals surface area (Å²) in [5.41, 5.74) is 2.61. The average molecular weight is 327 g/mol. The number of hydrogen-bond donors (Lipinski definition) is 0. The van der Waals surface area contributed by atoms with E-state index in [2.05, 4.69) is 34.8 Å². The molecule has 0 bridgehead atoms. The minimum atomic E-state index is -4.47. The molecular formula is C15H16F3N3S. The van der Waals surface area contributed by atoms with E-state index >= 15 is 0 Å². The molecule has 22 heavy (non-hydrogen) atoms. The van der Waals surface area contributed by atoms with Gasteiger partial charge in [-0.3, -0.25) is 4.90 Å². The Morgan fingerprint density at radius 2 is 2.09 bits per heavy atom. The lowest BCUT2D eigenvalue weighted by molar-refractivity contribution is -0.145. The molecule has 1 aliphatic heterocycles. The Labute approximate surface area is 130 Å². The molecule has 0 atom stereocenters. The molecule has 3 nitrogen and oxygen atoms in total. The quantitative estimate of drug-likeness (QED) is 0.841. The maximum atomic E-state index is 12.6. The highest BCUT2D eigenvalue weighted by Crippen LogP contribution is 2.28. The van der Waals surface area contributed by atoms with Crippen molar-refractivity contribution in [2.75, 3.05) is 6.54 Å². The summed E-state index contributed by atoms with van der Waals surface area (Å²) in [6.45, 7) is 6.33. The summed E-state index contributed by atoms with van der Waals surface area (Å²) in [5, 5.41) is 0. The van der Waals surface area contributed by atoms with Crippen molar-refractivity contribution in [2.45, 2.75) is 39.5 Å². The van der Waals surface area contributed by atoms with Crippen molar-refractivity contribution in [3.05, 3.63) is 44.7 Å². The van der Waals surface area contributed by atoms with Crippen molar-refractivity contribution in [3.63, 3.8) is 0 Å². The van der Waals surface area contributed by atoms with E-state index in [9.17, 15) is 13.2 Å². The highest BCUT2D eigenvalue weighted by molar-refractivity contribution is 7.12. The van der Waals surface area contributed by atoms with Crippen LogP contribution in [-0.2, 0) is 25.7 Å². The smallest absolute Gasteiger partial charge is 0.293 e. The van der Waals surface area contributed by atoms with E-state index < -0.39 is 12.0 Å². The molecule has 0 spiro atoms. The molecule has 0 aromatic carbocycles. The fourth-order valence-electron chi connectivity index (χ4n) is 2.59. The number of aromatic nitrogens is 2. The van der Waals surface area contributed by atoms with Crippen LogP contribution in [0.1, 0.15) is 32.4 Å². The molecule has 0 unspecified atom stereocenters. The number of rotatable bonds is 2. The molecule has 0 fully saturated rings. The first-order valence-corrected chi connectivity index (χ1v) is 7.85. The van der Waals surface area contributed by atoms with Gasteiger partial charge in [-0.1, -0.05) is 0 Å². The summed E-state index contributed by atoms with van der Waals surface area (Å²) in [4.78, 5) is 12.0. The maximum absolute atomic E-state index is 12.6. The van der Waals surface area contributed by atoms with Crippen LogP contribution < -0.4 is 0 Å². The summed E-state index contributed by atoms with van der Waals surface area (Å²) in [6, 6.07) is 2.18. The van der Waals surface area contributed by atoms with Gasteiger partial charge in [-0.15, -0.1) is 11.3 Å².